The van der Waals surface area contributed by atoms with Crippen LogP contribution in [0.15, 0.2) is 42.6 Å². The molecule has 6 heterocycles. The molecule has 5 aliphatic rings. The summed E-state index contributed by atoms with van der Waals surface area (Å²) < 4.78 is 17.2. The van der Waals surface area contributed by atoms with Gasteiger partial charge in [-0.15, -0.1) is 0 Å². The smallest absolute Gasteiger partial charge is 0.246 e. The maximum Gasteiger partial charge on any atom is 0.246 e. The first-order chi connectivity index (χ1) is 20.7. The summed E-state index contributed by atoms with van der Waals surface area (Å²) in [5.41, 5.74) is 4.63. The molecule has 1 aromatic carbocycles. The normalized spacial score (nSPS) is 22.6. The Hall–Kier alpha value is -3.18. The van der Waals surface area contributed by atoms with E-state index < -0.39 is 0 Å². The van der Waals surface area contributed by atoms with Gasteiger partial charge < -0.3 is 29.3 Å². The first-order valence-electron chi connectivity index (χ1n) is 15.6. The molecule has 5 aliphatic heterocycles. The molecule has 10 heteroatoms. The second-order valence-corrected chi connectivity index (χ2v) is 11.9. The first-order valence-corrected chi connectivity index (χ1v) is 15.6. The Morgan fingerprint density at radius 1 is 0.976 bits per heavy atom. The third kappa shape index (κ3) is 5.99. The Balaban J connectivity index is 0.916. The van der Waals surface area contributed by atoms with Crippen molar-refractivity contribution in [3.8, 4) is 5.75 Å². The lowest BCUT2D eigenvalue weighted by Gasteiger charge is -2.47. The highest BCUT2D eigenvalue weighted by Gasteiger charge is 2.36. The van der Waals surface area contributed by atoms with E-state index in [0.29, 0.717) is 18.6 Å². The van der Waals surface area contributed by atoms with Crippen molar-refractivity contribution < 1.29 is 19.0 Å². The number of benzene rings is 1. The fraction of sp³-hybridized carbons (Fsp3) is 0.562. The molecule has 224 valence electrons. The number of carbonyl (C=O) groups is 1. The summed E-state index contributed by atoms with van der Waals surface area (Å²) in [7, 11) is 0. The van der Waals surface area contributed by atoms with Crippen LogP contribution in [-0.4, -0.2) is 117 Å². The van der Waals surface area contributed by atoms with E-state index in [1.54, 1.807) is 6.08 Å². The number of aromatic nitrogens is 1. The number of hydrogen-bond acceptors (Lipinski definition) is 9. The highest BCUT2D eigenvalue weighted by molar-refractivity contribution is 5.88. The van der Waals surface area contributed by atoms with Crippen LogP contribution in [-0.2, 0) is 20.9 Å². The van der Waals surface area contributed by atoms with Crippen LogP contribution in [0.5, 0.6) is 5.75 Å². The number of ether oxygens (including phenoxy) is 3. The number of morpholine rings is 2. The lowest BCUT2D eigenvalue weighted by Crippen LogP contribution is -2.61. The Morgan fingerprint density at radius 3 is 2.52 bits per heavy atom. The van der Waals surface area contributed by atoms with E-state index in [1.165, 1.54) is 11.3 Å². The quantitative estimate of drug-likeness (QED) is 0.524. The zero-order valence-corrected chi connectivity index (χ0v) is 24.4. The number of fused-ring (bicyclic) bond motifs is 2. The topological polar surface area (TPSA) is 82.6 Å². The van der Waals surface area contributed by atoms with Crippen molar-refractivity contribution in [1.82, 2.24) is 19.7 Å². The van der Waals surface area contributed by atoms with Crippen LogP contribution in [0, 0.1) is 0 Å². The molecule has 0 radical (unpaired) electrons. The number of carbonyl (C=O) groups excluding carboxylic acids is 1. The van der Waals surface area contributed by atoms with Crippen LogP contribution in [0.4, 0.5) is 17.2 Å². The van der Waals surface area contributed by atoms with Crippen LogP contribution >= 0.6 is 0 Å². The summed E-state index contributed by atoms with van der Waals surface area (Å²) in [6.45, 7) is 11.8. The minimum atomic E-state index is 0.141. The molecule has 1 N–H and O–H groups in total. The summed E-state index contributed by atoms with van der Waals surface area (Å²) >= 11 is 0. The van der Waals surface area contributed by atoms with Gasteiger partial charge in [0, 0.05) is 69.8 Å². The van der Waals surface area contributed by atoms with E-state index in [0.717, 1.165) is 121 Å². The number of anilines is 3. The molecule has 0 aliphatic carbocycles. The number of piperidine rings is 1. The third-order valence-electron chi connectivity index (χ3n) is 9.43. The Bertz CT molecular complexity index is 1280. The largest absolute Gasteiger partial charge is 0.487 e. The predicted octanol–water partition coefficient (Wildman–Crippen LogP) is 2.83. The highest BCUT2D eigenvalue weighted by Crippen LogP contribution is 2.40. The molecule has 0 unspecified atom stereocenters. The lowest BCUT2D eigenvalue weighted by molar-refractivity contribution is -0.133. The summed E-state index contributed by atoms with van der Waals surface area (Å²) in [6, 6.07) is 9.19. The average molecular weight is 575 g/mol. The van der Waals surface area contributed by atoms with Gasteiger partial charge in [-0.25, -0.2) is 4.98 Å². The summed E-state index contributed by atoms with van der Waals surface area (Å²) in [4.78, 5) is 26.5. The zero-order valence-electron chi connectivity index (χ0n) is 24.4. The molecule has 10 nitrogen and oxygen atoms in total. The Kier molecular flexibility index (Phi) is 8.28. The van der Waals surface area contributed by atoms with E-state index >= 15 is 0 Å². The summed E-state index contributed by atoms with van der Waals surface area (Å²) in [6.07, 6.45) is 7.90. The molecule has 42 heavy (non-hydrogen) atoms. The van der Waals surface area contributed by atoms with Gasteiger partial charge in [0.1, 0.15) is 18.2 Å². The van der Waals surface area contributed by atoms with Crippen LogP contribution in [0.2, 0.25) is 0 Å². The predicted molar refractivity (Wildman–Crippen MR) is 162 cm³/mol. The van der Waals surface area contributed by atoms with E-state index in [2.05, 4.69) is 49.3 Å². The highest BCUT2D eigenvalue weighted by atomic mass is 16.5. The third-order valence-corrected chi connectivity index (χ3v) is 9.43. The van der Waals surface area contributed by atoms with Crippen molar-refractivity contribution in [2.75, 3.05) is 95.5 Å². The standard InChI is InChI=1S/C32H42N6O4/c39-31(2-1-9-35-12-16-40-17-13-35)38-21-26(22-38)36-10-6-24(7-11-36)25-3-4-30-28(20-25)34-32-27(23-42-30)29(5-8-33-32)37-14-18-41-19-15-37/h1-5,8,20,24,26H,6-7,9-19,21-23H2,(H,33,34)/b2-1+. The summed E-state index contributed by atoms with van der Waals surface area (Å²) in [5.74, 6) is 2.41. The van der Waals surface area contributed by atoms with Gasteiger partial charge in [-0.3, -0.25) is 14.6 Å². The van der Waals surface area contributed by atoms with Crippen molar-refractivity contribution in [3.05, 3.63) is 53.7 Å². The van der Waals surface area contributed by atoms with Crippen molar-refractivity contribution in [2.45, 2.75) is 31.4 Å². The number of nitrogens with zero attached hydrogens (tertiary/aromatic N) is 5. The van der Waals surface area contributed by atoms with Gasteiger partial charge in [-0.1, -0.05) is 12.1 Å². The van der Waals surface area contributed by atoms with Gasteiger partial charge in [-0.2, -0.15) is 0 Å². The second kappa shape index (κ2) is 12.6. The maximum atomic E-state index is 12.6. The van der Waals surface area contributed by atoms with Gasteiger partial charge >= 0.3 is 0 Å². The number of hydrogen-bond donors (Lipinski definition) is 1. The van der Waals surface area contributed by atoms with Crippen molar-refractivity contribution in [2.24, 2.45) is 0 Å². The molecule has 0 bridgehead atoms. The average Bonchev–Trinajstić information content (AvgIpc) is 3.20. The molecular weight excluding hydrogens is 532 g/mol. The van der Waals surface area contributed by atoms with Gasteiger partial charge in [-0.05, 0) is 55.6 Å². The minimum Gasteiger partial charge on any atom is -0.487 e. The van der Waals surface area contributed by atoms with Gasteiger partial charge in [0.05, 0.1) is 37.7 Å². The van der Waals surface area contributed by atoms with Gasteiger partial charge in [0.25, 0.3) is 0 Å². The molecule has 4 saturated heterocycles. The first kappa shape index (κ1) is 27.6. The maximum absolute atomic E-state index is 12.6. The van der Waals surface area contributed by atoms with Crippen LogP contribution in [0.3, 0.4) is 0 Å². The van der Waals surface area contributed by atoms with Crippen molar-refractivity contribution >= 4 is 23.1 Å². The number of pyridine rings is 1. The molecule has 4 fully saturated rings. The van der Waals surface area contributed by atoms with Gasteiger partial charge in [0.2, 0.25) is 5.91 Å². The molecule has 1 aromatic heterocycles. The molecule has 0 atom stereocenters. The van der Waals surface area contributed by atoms with Crippen LogP contribution in [0.1, 0.15) is 29.9 Å². The number of likely N-dealkylation sites (tertiary alicyclic amines) is 2. The lowest BCUT2D eigenvalue weighted by atomic mass is 9.88. The molecule has 1 amide bonds. The monoisotopic (exact) mass is 574 g/mol. The van der Waals surface area contributed by atoms with Crippen molar-refractivity contribution in [3.63, 3.8) is 0 Å². The molecule has 7 rings (SSSR count). The fourth-order valence-corrected chi connectivity index (χ4v) is 6.79. The molecule has 0 saturated carbocycles. The molecular formula is C32H42N6O4. The van der Waals surface area contributed by atoms with Crippen molar-refractivity contribution in [1.29, 1.82) is 0 Å². The Morgan fingerprint density at radius 2 is 1.74 bits per heavy atom. The summed E-state index contributed by atoms with van der Waals surface area (Å²) in [5, 5.41) is 3.60. The molecule has 2 aromatic rings. The number of rotatable bonds is 6. The van der Waals surface area contributed by atoms with Crippen LogP contribution in [0.25, 0.3) is 0 Å². The van der Waals surface area contributed by atoms with E-state index in [1.807, 2.05) is 17.2 Å². The zero-order chi connectivity index (χ0) is 28.3. The van der Waals surface area contributed by atoms with E-state index in [-0.39, 0.29) is 5.91 Å². The van der Waals surface area contributed by atoms with E-state index in [9.17, 15) is 4.79 Å². The Labute approximate surface area is 248 Å². The molecule has 0 spiro atoms. The number of nitrogens with one attached hydrogen (secondary N) is 1. The minimum absolute atomic E-state index is 0.141. The SMILES string of the molecule is O=C(/C=C/CN1CCOCC1)N1CC(N2CCC(c3ccc4c(c3)Nc3nccc(N5CCOCC5)c3CO4)CC2)C1. The van der Waals surface area contributed by atoms with Gasteiger partial charge in [0.15, 0.2) is 0 Å². The fourth-order valence-electron chi connectivity index (χ4n) is 6.79. The second-order valence-electron chi connectivity index (χ2n) is 11.9. The number of amides is 1. The van der Waals surface area contributed by atoms with Crippen LogP contribution < -0.4 is 15.0 Å². The van der Waals surface area contributed by atoms with E-state index in [4.69, 9.17) is 14.2 Å².